The number of fused-ring (bicyclic) bond motifs is 1. The number of rotatable bonds is 2. The molecule has 1 aromatic carbocycles. The molecule has 0 bridgehead atoms. The van der Waals surface area contributed by atoms with Gasteiger partial charge in [-0.2, -0.15) is 0 Å². The predicted octanol–water partition coefficient (Wildman–Crippen LogP) is 3.80. The van der Waals surface area contributed by atoms with Crippen LogP contribution in [0.2, 0.25) is 5.02 Å². The maximum absolute atomic E-state index is 12.6. The van der Waals surface area contributed by atoms with E-state index in [1.807, 2.05) is 6.07 Å². The molecule has 1 aliphatic carbocycles. The summed E-state index contributed by atoms with van der Waals surface area (Å²) < 4.78 is 0.998. The van der Waals surface area contributed by atoms with Crippen LogP contribution in [0, 0.1) is 5.92 Å². The molecular formula is C15H18ClN3OS. The van der Waals surface area contributed by atoms with Gasteiger partial charge in [0.15, 0.2) is 0 Å². The van der Waals surface area contributed by atoms with Crippen LogP contribution < -0.4 is 11.1 Å². The summed E-state index contributed by atoms with van der Waals surface area (Å²) >= 11 is 7.75. The summed E-state index contributed by atoms with van der Waals surface area (Å²) in [6, 6.07) is 3.69. The fourth-order valence-electron chi connectivity index (χ4n) is 3.06. The monoisotopic (exact) mass is 323 g/mol. The lowest BCUT2D eigenvalue weighted by Crippen LogP contribution is -2.53. The van der Waals surface area contributed by atoms with Crippen LogP contribution in [0.4, 0.5) is 5.69 Å². The normalized spacial score (nSPS) is 26.0. The number of anilines is 1. The van der Waals surface area contributed by atoms with E-state index in [0.717, 1.165) is 23.1 Å². The Labute approximate surface area is 132 Å². The summed E-state index contributed by atoms with van der Waals surface area (Å²) in [5, 5.41) is 3.41. The van der Waals surface area contributed by atoms with Gasteiger partial charge in [-0.3, -0.25) is 4.79 Å². The number of aromatic nitrogens is 1. The van der Waals surface area contributed by atoms with Crippen molar-refractivity contribution in [2.75, 3.05) is 5.32 Å². The maximum Gasteiger partial charge on any atom is 0.244 e. The molecule has 1 fully saturated rings. The molecule has 1 amide bonds. The van der Waals surface area contributed by atoms with Crippen LogP contribution >= 0.6 is 22.9 Å². The smallest absolute Gasteiger partial charge is 0.244 e. The van der Waals surface area contributed by atoms with Crippen LogP contribution in [-0.4, -0.2) is 16.4 Å². The molecule has 0 aliphatic heterocycles. The van der Waals surface area contributed by atoms with E-state index in [4.69, 9.17) is 17.3 Å². The molecule has 3 rings (SSSR count). The number of hydrogen-bond acceptors (Lipinski definition) is 4. The van der Waals surface area contributed by atoms with Gasteiger partial charge in [0.1, 0.15) is 5.52 Å². The van der Waals surface area contributed by atoms with E-state index in [2.05, 4.69) is 17.2 Å². The van der Waals surface area contributed by atoms with Crippen LogP contribution in [0.3, 0.4) is 0 Å². The minimum Gasteiger partial charge on any atom is -0.321 e. The lowest BCUT2D eigenvalue weighted by molar-refractivity contribution is -0.122. The number of halogens is 1. The van der Waals surface area contributed by atoms with Crippen LogP contribution in [0.15, 0.2) is 17.6 Å². The van der Waals surface area contributed by atoms with Gasteiger partial charge in [-0.05, 0) is 30.9 Å². The molecule has 1 heterocycles. The van der Waals surface area contributed by atoms with Crippen molar-refractivity contribution in [3.05, 3.63) is 22.7 Å². The molecule has 1 saturated carbocycles. The molecular weight excluding hydrogens is 306 g/mol. The molecule has 1 aliphatic rings. The number of nitrogens with one attached hydrogen (secondary N) is 1. The third-order valence-corrected chi connectivity index (χ3v) is 5.28. The predicted molar refractivity (Wildman–Crippen MR) is 87.8 cm³/mol. The van der Waals surface area contributed by atoms with Crippen LogP contribution in [0.25, 0.3) is 10.2 Å². The number of carbonyl (C=O) groups excluding carboxylic acids is 1. The van der Waals surface area contributed by atoms with E-state index >= 15 is 0 Å². The van der Waals surface area contributed by atoms with Crippen molar-refractivity contribution in [1.82, 2.24) is 4.98 Å². The zero-order chi connectivity index (χ0) is 15.0. The van der Waals surface area contributed by atoms with Gasteiger partial charge in [0.2, 0.25) is 5.91 Å². The average molecular weight is 324 g/mol. The quantitative estimate of drug-likeness (QED) is 0.883. The van der Waals surface area contributed by atoms with Crippen LogP contribution in [-0.2, 0) is 4.79 Å². The van der Waals surface area contributed by atoms with Crippen molar-refractivity contribution in [3.8, 4) is 0 Å². The van der Waals surface area contributed by atoms with Gasteiger partial charge in [-0.1, -0.05) is 31.4 Å². The van der Waals surface area contributed by atoms with Crippen molar-refractivity contribution < 1.29 is 4.79 Å². The van der Waals surface area contributed by atoms with Gasteiger partial charge in [0.05, 0.1) is 26.5 Å². The number of benzene rings is 1. The summed E-state index contributed by atoms with van der Waals surface area (Å²) in [6.45, 7) is 2.14. The van der Waals surface area contributed by atoms with Gasteiger partial charge in [0.25, 0.3) is 0 Å². The molecule has 0 spiro atoms. The zero-order valence-electron chi connectivity index (χ0n) is 11.9. The van der Waals surface area contributed by atoms with Gasteiger partial charge in [-0.15, -0.1) is 11.3 Å². The number of nitrogens with zero attached hydrogens (tertiary/aromatic N) is 1. The second-order valence-corrected chi connectivity index (χ2v) is 7.23. The third kappa shape index (κ3) is 2.78. The Kier molecular flexibility index (Phi) is 3.90. The number of nitrogens with two attached hydrogens (primary N) is 1. The molecule has 0 radical (unpaired) electrons. The number of carbonyl (C=O) groups is 1. The van der Waals surface area contributed by atoms with Crippen molar-refractivity contribution in [2.45, 2.75) is 38.1 Å². The van der Waals surface area contributed by atoms with E-state index in [9.17, 15) is 4.79 Å². The molecule has 3 N–H and O–H groups in total. The van der Waals surface area contributed by atoms with Gasteiger partial charge in [-0.25, -0.2) is 4.98 Å². The van der Waals surface area contributed by atoms with E-state index < -0.39 is 5.54 Å². The largest absolute Gasteiger partial charge is 0.321 e. The first-order chi connectivity index (χ1) is 9.99. The minimum absolute atomic E-state index is 0.156. The van der Waals surface area contributed by atoms with Gasteiger partial charge >= 0.3 is 0 Å². The minimum atomic E-state index is -0.806. The lowest BCUT2D eigenvalue weighted by atomic mass is 9.76. The highest BCUT2D eigenvalue weighted by molar-refractivity contribution is 7.16. The first-order valence-electron chi connectivity index (χ1n) is 7.12. The molecule has 6 heteroatoms. The Morgan fingerprint density at radius 2 is 2.38 bits per heavy atom. The summed E-state index contributed by atoms with van der Waals surface area (Å²) in [4.78, 5) is 16.9. The summed E-state index contributed by atoms with van der Waals surface area (Å²) in [7, 11) is 0. The first kappa shape index (κ1) is 14.8. The Morgan fingerprint density at radius 3 is 3.14 bits per heavy atom. The van der Waals surface area contributed by atoms with Crippen molar-refractivity contribution >= 4 is 44.7 Å². The highest BCUT2D eigenvalue weighted by atomic mass is 35.5. The topological polar surface area (TPSA) is 68.0 Å². The second-order valence-electron chi connectivity index (χ2n) is 5.93. The molecule has 2 unspecified atom stereocenters. The third-order valence-electron chi connectivity index (χ3n) is 4.17. The second kappa shape index (κ2) is 5.55. The van der Waals surface area contributed by atoms with Crippen LogP contribution in [0.1, 0.15) is 32.6 Å². The fourth-order valence-corrected chi connectivity index (χ4v) is 3.95. The first-order valence-corrected chi connectivity index (χ1v) is 8.37. The molecule has 1 aromatic heterocycles. The molecule has 21 heavy (non-hydrogen) atoms. The summed E-state index contributed by atoms with van der Waals surface area (Å²) in [5.41, 5.74) is 8.58. The lowest BCUT2D eigenvalue weighted by Gasteiger charge is -2.35. The van der Waals surface area contributed by atoms with Crippen molar-refractivity contribution in [2.24, 2.45) is 11.7 Å². The van der Waals surface area contributed by atoms with E-state index in [1.54, 1.807) is 11.6 Å². The average Bonchev–Trinajstić information content (AvgIpc) is 2.90. The summed E-state index contributed by atoms with van der Waals surface area (Å²) in [6.07, 6.45) is 3.55. The Bertz CT molecular complexity index is 687. The van der Waals surface area contributed by atoms with E-state index in [0.29, 0.717) is 29.5 Å². The van der Waals surface area contributed by atoms with Gasteiger partial charge < -0.3 is 11.1 Å². The van der Waals surface area contributed by atoms with Crippen LogP contribution in [0.5, 0.6) is 0 Å². The fraction of sp³-hybridized carbons (Fsp3) is 0.467. The Hall–Kier alpha value is -1.17. The number of hydrogen-bond donors (Lipinski definition) is 2. The Morgan fingerprint density at radius 1 is 1.57 bits per heavy atom. The SMILES string of the molecule is CC1CCCC(N)(C(=O)Nc2c(Cl)ccc3scnc23)C1. The molecule has 2 atom stereocenters. The standard InChI is InChI=1S/C15H18ClN3OS/c1-9-3-2-6-15(17,7-9)14(20)19-12-10(16)4-5-11-13(12)18-8-21-11/h4-5,8-9H,2-3,6-7,17H2,1H3,(H,19,20). The highest BCUT2D eigenvalue weighted by Crippen LogP contribution is 2.35. The van der Waals surface area contributed by atoms with E-state index in [-0.39, 0.29) is 5.91 Å². The molecule has 4 nitrogen and oxygen atoms in total. The molecule has 0 saturated heterocycles. The molecule has 2 aromatic rings. The van der Waals surface area contributed by atoms with Crippen molar-refractivity contribution in [3.63, 3.8) is 0 Å². The van der Waals surface area contributed by atoms with Crippen molar-refractivity contribution in [1.29, 1.82) is 0 Å². The summed E-state index contributed by atoms with van der Waals surface area (Å²) in [5.74, 6) is 0.316. The highest BCUT2D eigenvalue weighted by Gasteiger charge is 2.38. The zero-order valence-corrected chi connectivity index (χ0v) is 13.4. The molecule has 112 valence electrons. The number of amides is 1. The van der Waals surface area contributed by atoms with E-state index in [1.165, 1.54) is 11.3 Å². The van der Waals surface area contributed by atoms with Gasteiger partial charge in [0, 0.05) is 0 Å². The maximum atomic E-state index is 12.6. The number of thiazole rings is 1. The Balaban J connectivity index is 1.89.